The summed E-state index contributed by atoms with van der Waals surface area (Å²) in [6, 6.07) is 7.89. The number of aryl methyl sites for hydroxylation is 1. The lowest BCUT2D eigenvalue weighted by atomic mass is 10.1. The van der Waals surface area contributed by atoms with Gasteiger partial charge in [0, 0.05) is 22.7 Å². The minimum absolute atomic E-state index is 0. The number of rotatable bonds is 7. The van der Waals surface area contributed by atoms with Gasteiger partial charge in [-0.15, -0.1) is 28.3 Å². The van der Waals surface area contributed by atoms with Crippen molar-refractivity contribution in [2.75, 3.05) is 5.32 Å². The van der Waals surface area contributed by atoms with Gasteiger partial charge in [0.15, 0.2) is 5.13 Å². The van der Waals surface area contributed by atoms with Crippen LogP contribution in [0.4, 0.5) is 5.13 Å². The number of aromatic nitrogens is 1. The van der Waals surface area contributed by atoms with Crippen LogP contribution in [0.15, 0.2) is 24.3 Å². The van der Waals surface area contributed by atoms with Crippen molar-refractivity contribution in [2.45, 2.75) is 46.0 Å². The zero-order valence-electron chi connectivity index (χ0n) is 13.4. The van der Waals surface area contributed by atoms with Crippen molar-refractivity contribution in [2.24, 2.45) is 0 Å². The molecule has 0 aliphatic carbocycles. The molecule has 1 N–H and O–H groups in total. The van der Waals surface area contributed by atoms with Gasteiger partial charge in [-0.1, -0.05) is 44.0 Å². The maximum Gasteiger partial charge on any atom is 0.225 e. The molecule has 1 heterocycles. The van der Waals surface area contributed by atoms with Gasteiger partial charge in [-0.25, -0.2) is 4.98 Å². The zero-order valence-corrected chi connectivity index (χ0v) is 16.7. The minimum Gasteiger partial charge on any atom is -0.302 e. The lowest BCUT2D eigenvalue weighted by Crippen LogP contribution is -2.09. The topological polar surface area (TPSA) is 42.0 Å². The highest BCUT2D eigenvalue weighted by atomic mass is 79.9. The molecule has 3 nitrogen and oxygen atoms in total. The normalized spacial score (nSPS) is 10.2. The SMILES string of the molecule is Br.CCCCc1nc(NC(=O)CC)sc1Cc1ccc(Cl)cc1. The van der Waals surface area contributed by atoms with E-state index in [1.807, 2.05) is 31.2 Å². The molecular formula is C17H22BrClN2OS. The van der Waals surface area contributed by atoms with Crippen molar-refractivity contribution in [1.29, 1.82) is 0 Å². The molecule has 0 atom stereocenters. The molecule has 1 aromatic carbocycles. The molecule has 0 fully saturated rings. The van der Waals surface area contributed by atoms with E-state index >= 15 is 0 Å². The molecule has 2 aromatic rings. The molecule has 0 aliphatic heterocycles. The summed E-state index contributed by atoms with van der Waals surface area (Å²) in [7, 11) is 0. The molecule has 0 aliphatic rings. The van der Waals surface area contributed by atoms with E-state index in [0.29, 0.717) is 11.6 Å². The number of benzene rings is 1. The first-order chi connectivity index (χ1) is 10.6. The van der Waals surface area contributed by atoms with Crippen molar-refractivity contribution >= 4 is 51.0 Å². The van der Waals surface area contributed by atoms with E-state index in [9.17, 15) is 4.79 Å². The molecular weight excluding hydrogens is 396 g/mol. The van der Waals surface area contributed by atoms with E-state index < -0.39 is 0 Å². The third-order valence-corrected chi connectivity index (χ3v) is 4.66. The zero-order chi connectivity index (χ0) is 15.9. The van der Waals surface area contributed by atoms with Crippen molar-refractivity contribution in [3.05, 3.63) is 45.4 Å². The van der Waals surface area contributed by atoms with Crippen LogP contribution in [0.5, 0.6) is 0 Å². The lowest BCUT2D eigenvalue weighted by Gasteiger charge is -2.02. The number of carbonyl (C=O) groups is 1. The number of carbonyl (C=O) groups excluding carboxylic acids is 1. The van der Waals surface area contributed by atoms with E-state index in [4.69, 9.17) is 11.6 Å². The molecule has 0 radical (unpaired) electrons. The highest BCUT2D eigenvalue weighted by molar-refractivity contribution is 8.93. The first-order valence-corrected chi connectivity index (χ1v) is 8.84. The fourth-order valence-electron chi connectivity index (χ4n) is 2.11. The molecule has 0 unspecified atom stereocenters. The second-order valence-corrected chi connectivity index (χ2v) is 6.72. The molecule has 0 bridgehead atoms. The van der Waals surface area contributed by atoms with Gasteiger partial charge >= 0.3 is 0 Å². The average Bonchev–Trinajstić information content (AvgIpc) is 2.88. The van der Waals surface area contributed by atoms with Crippen molar-refractivity contribution < 1.29 is 4.79 Å². The Balaban J connectivity index is 0.00000264. The van der Waals surface area contributed by atoms with Crippen LogP contribution in [0.1, 0.15) is 49.2 Å². The van der Waals surface area contributed by atoms with Gasteiger partial charge in [0.2, 0.25) is 5.91 Å². The van der Waals surface area contributed by atoms with Crippen LogP contribution in [0, 0.1) is 0 Å². The Hall–Kier alpha value is -0.910. The Morgan fingerprint density at radius 3 is 2.57 bits per heavy atom. The first-order valence-electron chi connectivity index (χ1n) is 7.65. The van der Waals surface area contributed by atoms with E-state index in [1.54, 1.807) is 11.3 Å². The molecule has 2 rings (SSSR count). The van der Waals surface area contributed by atoms with Crippen molar-refractivity contribution in [3.8, 4) is 0 Å². The van der Waals surface area contributed by atoms with Gasteiger partial charge in [-0.05, 0) is 30.5 Å². The number of unbranched alkanes of at least 4 members (excludes halogenated alkanes) is 1. The quantitative estimate of drug-likeness (QED) is 0.632. The molecule has 1 aromatic heterocycles. The van der Waals surface area contributed by atoms with Gasteiger partial charge in [0.25, 0.3) is 0 Å². The molecule has 1 amide bonds. The molecule has 0 spiro atoms. The summed E-state index contributed by atoms with van der Waals surface area (Å²) in [5.74, 6) is 0.00818. The number of thiazole rings is 1. The van der Waals surface area contributed by atoms with Crippen molar-refractivity contribution in [1.82, 2.24) is 4.98 Å². The van der Waals surface area contributed by atoms with Crippen LogP contribution in [-0.4, -0.2) is 10.9 Å². The predicted molar refractivity (Wildman–Crippen MR) is 104 cm³/mol. The van der Waals surface area contributed by atoms with Crippen LogP contribution < -0.4 is 5.32 Å². The van der Waals surface area contributed by atoms with Crippen LogP contribution in [0.2, 0.25) is 5.02 Å². The largest absolute Gasteiger partial charge is 0.302 e. The van der Waals surface area contributed by atoms with Gasteiger partial charge < -0.3 is 5.32 Å². The maximum atomic E-state index is 11.6. The third kappa shape index (κ3) is 6.24. The smallest absolute Gasteiger partial charge is 0.225 e. The Labute approximate surface area is 157 Å². The monoisotopic (exact) mass is 416 g/mol. The number of amides is 1. The third-order valence-electron chi connectivity index (χ3n) is 3.39. The molecule has 6 heteroatoms. The summed E-state index contributed by atoms with van der Waals surface area (Å²) < 4.78 is 0. The summed E-state index contributed by atoms with van der Waals surface area (Å²) in [5, 5.41) is 4.33. The molecule has 23 heavy (non-hydrogen) atoms. The van der Waals surface area contributed by atoms with Crippen LogP contribution in [0.3, 0.4) is 0 Å². The molecule has 126 valence electrons. The Morgan fingerprint density at radius 2 is 1.96 bits per heavy atom. The van der Waals surface area contributed by atoms with Crippen LogP contribution in [-0.2, 0) is 17.6 Å². The Morgan fingerprint density at radius 1 is 1.26 bits per heavy atom. The lowest BCUT2D eigenvalue weighted by molar-refractivity contribution is -0.115. The van der Waals surface area contributed by atoms with Gasteiger partial charge in [-0.2, -0.15) is 0 Å². The number of nitrogens with one attached hydrogen (secondary N) is 1. The number of nitrogens with zero attached hydrogens (tertiary/aromatic N) is 1. The van der Waals surface area contributed by atoms with E-state index in [-0.39, 0.29) is 22.9 Å². The fraction of sp³-hybridized carbons (Fsp3) is 0.412. The average molecular weight is 418 g/mol. The maximum absolute atomic E-state index is 11.6. The standard InChI is InChI=1S/C17H21ClN2OS.BrH/c1-3-5-6-14-15(11-12-7-9-13(18)10-8-12)22-17(19-14)20-16(21)4-2;/h7-10H,3-6,11H2,1-2H3,(H,19,20,21);1H. The number of anilines is 1. The number of hydrogen-bond donors (Lipinski definition) is 1. The first kappa shape index (κ1) is 20.1. The van der Waals surface area contributed by atoms with E-state index in [0.717, 1.165) is 36.4 Å². The highest BCUT2D eigenvalue weighted by Crippen LogP contribution is 2.27. The van der Waals surface area contributed by atoms with Gasteiger partial charge in [-0.3, -0.25) is 4.79 Å². The second kappa shape index (κ2) is 10.1. The van der Waals surface area contributed by atoms with Crippen LogP contribution in [0.25, 0.3) is 0 Å². The van der Waals surface area contributed by atoms with E-state index in [2.05, 4.69) is 17.2 Å². The van der Waals surface area contributed by atoms with E-state index in [1.165, 1.54) is 10.4 Å². The molecule has 0 saturated carbocycles. The number of halogens is 2. The molecule has 0 saturated heterocycles. The fourth-order valence-corrected chi connectivity index (χ4v) is 3.29. The Kier molecular flexibility index (Phi) is 8.81. The van der Waals surface area contributed by atoms with Crippen LogP contribution >= 0.6 is 39.9 Å². The second-order valence-electron chi connectivity index (χ2n) is 5.20. The summed E-state index contributed by atoms with van der Waals surface area (Å²) in [4.78, 5) is 17.4. The van der Waals surface area contributed by atoms with Gasteiger partial charge in [0.05, 0.1) is 5.69 Å². The highest BCUT2D eigenvalue weighted by Gasteiger charge is 2.13. The summed E-state index contributed by atoms with van der Waals surface area (Å²) in [5.41, 5.74) is 2.31. The summed E-state index contributed by atoms with van der Waals surface area (Å²) >= 11 is 7.51. The predicted octanol–water partition coefficient (Wildman–Crippen LogP) is 5.66. The summed E-state index contributed by atoms with van der Waals surface area (Å²) in [6.45, 7) is 4.01. The minimum atomic E-state index is 0. The van der Waals surface area contributed by atoms with Gasteiger partial charge in [0.1, 0.15) is 0 Å². The number of hydrogen-bond acceptors (Lipinski definition) is 3. The summed E-state index contributed by atoms with van der Waals surface area (Å²) in [6.07, 6.45) is 4.50. The Bertz CT molecular complexity index is 628. The van der Waals surface area contributed by atoms with Crippen molar-refractivity contribution in [3.63, 3.8) is 0 Å².